The van der Waals surface area contributed by atoms with E-state index in [2.05, 4.69) is 10.3 Å². The zero-order valence-corrected chi connectivity index (χ0v) is 18.7. The van der Waals surface area contributed by atoms with E-state index in [9.17, 15) is 18.0 Å². The van der Waals surface area contributed by atoms with E-state index in [1.54, 1.807) is 37.9 Å². The Hall–Kier alpha value is -1.51. The highest BCUT2D eigenvalue weighted by Crippen LogP contribution is 2.34. The van der Waals surface area contributed by atoms with E-state index in [0.29, 0.717) is 23.2 Å². The van der Waals surface area contributed by atoms with E-state index in [0.717, 1.165) is 25.7 Å². The van der Waals surface area contributed by atoms with Gasteiger partial charge in [0.2, 0.25) is 5.82 Å². The second-order valence-electron chi connectivity index (χ2n) is 8.28. The average molecular weight is 467 g/mol. The Morgan fingerprint density at radius 1 is 1.20 bits per heavy atom. The maximum Gasteiger partial charge on any atom is 0.449 e. The van der Waals surface area contributed by atoms with Crippen LogP contribution in [-0.2, 0) is 6.18 Å². The molecule has 1 N–H and O–H groups in total. The Kier molecular flexibility index (Phi) is 7.37. The molecular weight excluding hydrogens is 440 g/mol. The molecule has 2 unspecified atom stereocenters. The summed E-state index contributed by atoms with van der Waals surface area (Å²) in [6.07, 6.45) is -0.426. The van der Waals surface area contributed by atoms with E-state index < -0.39 is 18.0 Å². The average Bonchev–Trinajstić information content (AvgIpc) is 3.19. The van der Waals surface area contributed by atoms with E-state index in [1.807, 2.05) is 0 Å². The summed E-state index contributed by atoms with van der Waals surface area (Å²) in [6, 6.07) is 5.34. The summed E-state index contributed by atoms with van der Waals surface area (Å²) in [5.74, 6) is -1.09. The van der Waals surface area contributed by atoms with Gasteiger partial charge in [-0.2, -0.15) is 13.2 Å². The number of imidazole rings is 1. The van der Waals surface area contributed by atoms with Gasteiger partial charge in [0, 0.05) is 36.8 Å². The fourth-order valence-electron chi connectivity index (χ4n) is 4.67. The van der Waals surface area contributed by atoms with Crippen LogP contribution in [0.5, 0.6) is 0 Å². The maximum absolute atomic E-state index is 13.4. The summed E-state index contributed by atoms with van der Waals surface area (Å²) in [6.45, 7) is 3.38. The Morgan fingerprint density at radius 2 is 1.80 bits per heavy atom. The van der Waals surface area contributed by atoms with Gasteiger partial charge in [-0.3, -0.25) is 4.79 Å². The van der Waals surface area contributed by atoms with Crippen molar-refractivity contribution in [3.63, 3.8) is 0 Å². The van der Waals surface area contributed by atoms with Crippen LogP contribution in [0.3, 0.4) is 0 Å². The number of halogens is 5. The molecule has 2 aliphatic heterocycles. The third-order valence-corrected chi connectivity index (χ3v) is 6.02. The Labute approximate surface area is 186 Å². The number of nitrogens with zero attached hydrogens (tertiary/aromatic N) is 3. The van der Waals surface area contributed by atoms with Crippen molar-refractivity contribution in [2.45, 2.75) is 69.9 Å². The molecule has 2 bridgehead atoms. The number of carbonyl (C=O) groups is 1. The molecule has 0 aliphatic carbocycles. The fraction of sp³-hybridized carbons (Fsp3) is 0.600. The quantitative estimate of drug-likeness (QED) is 0.704. The molecular formula is C20H27Cl2F3N4O. The van der Waals surface area contributed by atoms with Crippen molar-refractivity contribution >= 4 is 41.8 Å². The summed E-state index contributed by atoms with van der Waals surface area (Å²) < 4.78 is 41.4. The van der Waals surface area contributed by atoms with Crippen LogP contribution in [0.2, 0.25) is 0 Å². The van der Waals surface area contributed by atoms with Crippen molar-refractivity contribution in [1.82, 2.24) is 19.8 Å². The van der Waals surface area contributed by atoms with Gasteiger partial charge in [0.25, 0.3) is 5.91 Å². The SMILES string of the molecule is CC(C)n1c(C(F)(F)F)nc2cc(C(=O)N(C)C3CC4CCC(C3)N4)ccc21.Cl.Cl. The number of fused-ring (bicyclic) bond motifs is 3. The molecule has 168 valence electrons. The van der Waals surface area contributed by atoms with Crippen LogP contribution in [0, 0.1) is 0 Å². The molecule has 1 amide bonds. The number of alkyl halides is 3. The predicted molar refractivity (Wildman–Crippen MR) is 115 cm³/mol. The van der Waals surface area contributed by atoms with E-state index in [1.165, 1.54) is 10.6 Å². The first-order valence-electron chi connectivity index (χ1n) is 9.77. The number of hydrogen-bond donors (Lipinski definition) is 1. The van der Waals surface area contributed by atoms with Crippen LogP contribution in [0.25, 0.3) is 11.0 Å². The summed E-state index contributed by atoms with van der Waals surface area (Å²) in [7, 11) is 1.79. The van der Waals surface area contributed by atoms with Gasteiger partial charge in [0.05, 0.1) is 11.0 Å². The van der Waals surface area contributed by atoms with Gasteiger partial charge >= 0.3 is 6.18 Å². The number of aromatic nitrogens is 2. The number of rotatable bonds is 3. The molecule has 3 heterocycles. The van der Waals surface area contributed by atoms with E-state index >= 15 is 0 Å². The van der Waals surface area contributed by atoms with Crippen molar-refractivity contribution in [2.75, 3.05) is 7.05 Å². The van der Waals surface area contributed by atoms with Crippen molar-refractivity contribution in [2.24, 2.45) is 0 Å². The zero-order chi connectivity index (χ0) is 20.2. The summed E-state index contributed by atoms with van der Waals surface area (Å²) >= 11 is 0. The first-order valence-corrected chi connectivity index (χ1v) is 9.77. The highest BCUT2D eigenvalue weighted by Gasteiger charge is 2.39. The van der Waals surface area contributed by atoms with Crippen molar-refractivity contribution in [1.29, 1.82) is 0 Å². The predicted octanol–water partition coefficient (Wildman–Crippen LogP) is 4.83. The number of hydrogen-bond acceptors (Lipinski definition) is 3. The molecule has 2 aromatic rings. The van der Waals surface area contributed by atoms with Crippen molar-refractivity contribution in [3.8, 4) is 0 Å². The lowest BCUT2D eigenvalue weighted by molar-refractivity contribution is -0.147. The topological polar surface area (TPSA) is 50.2 Å². The maximum atomic E-state index is 13.4. The highest BCUT2D eigenvalue weighted by atomic mass is 35.5. The minimum absolute atomic E-state index is 0. The Bertz CT molecular complexity index is 903. The third kappa shape index (κ3) is 4.41. The molecule has 0 spiro atoms. The second-order valence-corrected chi connectivity index (χ2v) is 8.28. The molecule has 1 aromatic heterocycles. The Balaban J connectivity index is 0.00000160. The van der Waals surface area contributed by atoms with Crippen molar-refractivity contribution < 1.29 is 18.0 Å². The molecule has 2 saturated heterocycles. The van der Waals surface area contributed by atoms with E-state index in [4.69, 9.17) is 0 Å². The minimum atomic E-state index is -4.54. The molecule has 2 atom stereocenters. The van der Waals surface area contributed by atoms with Gasteiger partial charge in [0.1, 0.15) is 0 Å². The number of nitrogens with one attached hydrogen (secondary N) is 1. The zero-order valence-electron chi connectivity index (χ0n) is 17.1. The molecule has 0 saturated carbocycles. The van der Waals surface area contributed by atoms with Crippen LogP contribution in [-0.4, -0.2) is 45.5 Å². The fourth-order valence-corrected chi connectivity index (χ4v) is 4.67. The molecule has 0 radical (unpaired) electrons. The lowest BCUT2D eigenvalue weighted by Crippen LogP contribution is -2.48. The van der Waals surface area contributed by atoms with Crippen molar-refractivity contribution in [3.05, 3.63) is 29.6 Å². The van der Waals surface area contributed by atoms with Gasteiger partial charge in [-0.15, -0.1) is 24.8 Å². The summed E-state index contributed by atoms with van der Waals surface area (Å²) in [5, 5.41) is 3.55. The highest BCUT2D eigenvalue weighted by molar-refractivity contribution is 5.97. The molecule has 2 aliphatic rings. The van der Waals surface area contributed by atoms with Gasteiger partial charge in [-0.05, 0) is 57.7 Å². The molecule has 4 rings (SSSR count). The lowest BCUT2D eigenvalue weighted by atomic mass is 9.98. The number of benzene rings is 1. The van der Waals surface area contributed by atoms with Crippen LogP contribution in [0.4, 0.5) is 13.2 Å². The number of piperidine rings is 1. The first-order chi connectivity index (χ1) is 13.1. The Morgan fingerprint density at radius 3 is 2.33 bits per heavy atom. The summed E-state index contributed by atoms with van der Waals surface area (Å²) in [4.78, 5) is 18.6. The standard InChI is InChI=1S/C20H25F3N4O.2ClH/c1-11(2)27-17-7-4-12(8-16(17)25-19(27)20(21,22)23)18(28)26(3)15-9-13-5-6-14(10-15)24-13;;/h4,7-8,11,13-15,24H,5-6,9-10H2,1-3H3;2*1H. The van der Waals surface area contributed by atoms with Crippen LogP contribution in [0.1, 0.15) is 61.8 Å². The molecule has 2 fully saturated rings. The van der Waals surface area contributed by atoms with Gasteiger partial charge in [-0.1, -0.05) is 0 Å². The van der Waals surface area contributed by atoms with Gasteiger partial charge in [-0.25, -0.2) is 4.98 Å². The van der Waals surface area contributed by atoms with Crippen LogP contribution in [0.15, 0.2) is 18.2 Å². The minimum Gasteiger partial charge on any atom is -0.339 e. The molecule has 10 heteroatoms. The smallest absolute Gasteiger partial charge is 0.339 e. The number of amides is 1. The third-order valence-electron chi connectivity index (χ3n) is 6.02. The molecule has 5 nitrogen and oxygen atoms in total. The monoisotopic (exact) mass is 466 g/mol. The largest absolute Gasteiger partial charge is 0.449 e. The number of carbonyl (C=O) groups excluding carboxylic acids is 1. The summed E-state index contributed by atoms with van der Waals surface area (Å²) in [5.41, 5.74) is 0.968. The van der Waals surface area contributed by atoms with Crippen LogP contribution < -0.4 is 5.32 Å². The normalized spacial score (nSPS) is 23.2. The van der Waals surface area contributed by atoms with E-state index in [-0.39, 0.29) is 42.3 Å². The first kappa shape index (κ1) is 24.8. The van der Waals surface area contributed by atoms with Crippen LogP contribution >= 0.6 is 24.8 Å². The lowest BCUT2D eigenvalue weighted by Gasteiger charge is -2.35. The second kappa shape index (κ2) is 8.93. The van der Waals surface area contributed by atoms with Gasteiger partial charge < -0.3 is 14.8 Å². The molecule has 30 heavy (non-hydrogen) atoms. The van der Waals surface area contributed by atoms with Gasteiger partial charge in [0.15, 0.2) is 0 Å². The molecule has 1 aromatic carbocycles.